The number of cyclic esters (lactones) is 1. The van der Waals surface area contributed by atoms with Gasteiger partial charge >= 0.3 is 11.9 Å². The van der Waals surface area contributed by atoms with Gasteiger partial charge in [0.15, 0.2) is 0 Å². The van der Waals surface area contributed by atoms with Crippen molar-refractivity contribution in [3.63, 3.8) is 0 Å². The zero-order chi connectivity index (χ0) is 13.8. The van der Waals surface area contributed by atoms with Crippen LogP contribution in [0.2, 0.25) is 0 Å². The van der Waals surface area contributed by atoms with Crippen molar-refractivity contribution in [3.8, 4) is 0 Å². The second-order valence-corrected chi connectivity index (χ2v) is 5.25. The first-order valence-electron chi connectivity index (χ1n) is 6.80. The predicted octanol–water partition coefficient (Wildman–Crippen LogP) is 2.30. The Bertz CT molecular complexity index is 381. The zero-order valence-corrected chi connectivity index (χ0v) is 11.4. The lowest BCUT2D eigenvalue weighted by molar-refractivity contribution is -0.156. The standard InChI is InChI=1S/C14H20O5/c1-9-7-12(19-13(9)15)17-8-10(2)14(16)18-11-5-3-4-6-11/h8-9,11-12H,3-7H2,1-2H3/b10-8+. The maximum atomic E-state index is 11.8. The first-order valence-corrected chi connectivity index (χ1v) is 6.80. The Kier molecular flexibility index (Phi) is 4.45. The molecule has 0 aromatic heterocycles. The van der Waals surface area contributed by atoms with Crippen LogP contribution in [0.25, 0.3) is 0 Å². The molecule has 1 aliphatic heterocycles. The van der Waals surface area contributed by atoms with Gasteiger partial charge in [0.1, 0.15) is 6.10 Å². The van der Waals surface area contributed by atoms with Crippen LogP contribution in [0.1, 0.15) is 46.0 Å². The van der Waals surface area contributed by atoms with Crippen molar-refractivity contribution in [2.24, 2.45) is 5.92 Å². The van der Waals surface area contributed by atoms with E-state index in [1.165, 1.54) is 6.26 Å². The monoisotopic (exact) mass is 268 g/mol. The molecule has 0 amide bonds. The number of carbonyl (C=O) groups is 2. The Balaban J connectivity index is 1.78. The third-order valence-electron chi connectivity index (χ3n) is 3.49. The van der Waals surface area contributed by atoms with Crippen molar-refractivity contribution >= 4 is 11.9 Å². The normalized spacial score (nSPS) is 28.3. The molecule has 2 fully saturated rings. The quantitative estimate of drug-likeness (QED) is 0.445. The molecular weight excluding hydrogens is 248 g/mol. The number of hydrogen-bond acceptors (Lipinski definition) is 5. The SMILES string of the molecule is C/C(=C\OC1CC(C)C(=O)O1)C(=O)OC1CCCC1. The molecular formula is C14H20O5. The average molecular weight is 268 g/mol. The number of rotatable bonds is 4. The van der Waals surface area contributed by atoms with E-state index in [4.69, 9.17) is 14.2 Å². The summed E-state index contributed by atoms with van der Waals surface area (Å²) in [6.45, 7) is 3.42. The van der Waals surface area contributed by atoms with Crippen molar-refractivity contribution in [2.45, 2.75) is 58.3 Å². The molecule has 1 heterocycles. The molecule has 1 saturated carbocycles. The van der Waals surface area contributed by atoms with Gasteiger partial charge in [-0.2, -0.15) is 0 Å². The highest BCUT2D eigenvalue weighted by Gasteiger charge is 2.31. The highest BCUT2D eigenvalue weighted by atomic mass is 16.7. The van der Waals surface area contributed by atoms with Gasteiger partial charge in [0.05, 0.1) is 17.8 Å². The van der Waals surface area contributed by atoms with Gasteiger partial charge in [-0.1, -0.05) is 6.92 Å². The third-order valence-corrected chi connectivity index (χ3v) is 3.49. The average Bonchev–Trinajstić information content (AvgIpc) is 2.97. The summed E-state index contributed by atoms with van der Waals surface area (Å²) in [4.78, 5) is 22.9. The lowest BCUT2D eigenvalue weighted by atomic mass is 10.1. The molecule has 2 unspecified atom stereocenters. The lowest BCUT2D eigenvalue weighted by Gasteiger charge is -2.12. The summed E-state index contributed by atoms with van der Waals surface area (Å²) in [5.41, 5.74) is 0.391. The van der Waals surface area contributed by atoms with E-state index in [9.17, 15) is 9.59 Å². The minimum Gasteiger partial charge on any atom is -0.462 e. The van der Waals surface area contributed by atoms with Crippen LogP contribution in [-0.4, -0.2) is 24.3 Å². The van der Waals surface area contributed by atoms with Gasteiger partial charge in [0.2, 0.25) is 6.29 Å². The van der Waals surface area contributed by atoms with Crippen molar-refractivity contribution in [1.82, 2.24) is 0 Å². The first-order chi connectivity index (χ1) is 9.06. The van der Waals surface area contributed by atoms with Gasteiger partial charge in [-0.15, -0.1) is 0 Å². The molecule has 2 rings (SSSR count). The van der Waals surface area contributed by atoms with Gasteiger partial charge in [-0.25, -0.2) is 4.79 Å². The fraction of sp³-hybridized carbons (Fsp3) is 0.714. The van der Waals surface area contributed by atoms with Crippen molar-refractivity contribution in [1.29, 1.82) is 0 Å². The van der Waals surface area contributed by atoms with E-state index < -0.39 is 6.29 Å². The Hall–Kier alpha value is -1.52. The summed E-state index contributed by atoms with van der Waals surface area (Å²) in [7, 11) is 0. The molecule has 0 radical (unpaired) electrons. The van der Waals surface area contributed by atoms with E-state index in [1.807, 2.05) is 0 Å². The number of carbonyl (C=O) groups excluding carboxylic acids is 2. The van der Waals surface area contributed by atoms with Crippen molar-refractivity contribution in [3.05, 3.63) is 11.8 Å². The number of esters is 2. The first kappa shape index (κ1) is 13.9. The Morgan fingerprint density at radius 3 is 2.63 bits per heavy atom. The largest absolute Gasteiger partial charge is 0.462 e. The van der Waals surface area contributed by atoms with Crippen LogP contribution in [0, 0.1) is 5.92 Å². The number of ether oxygens (including phenoxy) is 3. The van der Waals surface area contributed by atoms with E-state index in [0.29, 0.717) is 12.0 Å². The van der Waals surface area contributed by atoms with Crippen molar-refractivity contribution < 1.29 is 23.8 Å². The minimum absolute atomic E-state index is 0.0418. The summed E-state index contributed by atoms with van der Waals surface area (Å²) in [5.74, 6) is -0.766. The summed E-state index contributed by atoms with van der Waals surface area (Å²) in [6.07, 6.45) is 5.42. The maximum Gasteiger partial charge on any atom is 0.337 e. The topological polar surface area (TPSA) is 61.8 Å². The molecule has 19 heavy (non-hydrogen) atoms. The van der Waals surface area contributed by atoms with E-state index >= 15 is 0 Å². The second kappa shape index (κ2) is 6.08. The molecule has 106 valence electrons. The Morgan fingerprint density at radius 1 is 1.37 bits per heavy atom. The molecule has 0 spiro atoms. The fourth-order valence-corrected chi connectivity index (χ4v) is 2.24. The summed E-state index contributed by atoms with van der Waals surface area (Å²) in [5, 5.41) is 0. The van der Waals surface area contributed by atoms with Crippen LogP contribution in [0.4, 0.5) is 0 Å². The third kappa shape index (κ3) is 3.72. The van der Waals surface area contributed by atoms with E-state index in [1.54, 1.807) is 13.8 Å². The van der Waals surface area contributed by atoms with Crippen LogP contribution in [0.5, 0.6) is 0 Å². The fourth-order valence-electron chi connectivity index (χ4n) is 2.24. The van der Waals surface area contributed by atoms with Crippen LogP contribution in [0.15, 0.2) is 11.8 Å². The zero-order valence-electron chi connectivity index (χ0n) is 11.4. The Labute approximate surface area is 112 Å². The lowest BCUT2D eigenvalue weighted by Crippen LogP contribution is -2.16. The predicted molar refractivity (Wildman–Crippen MR) is 66.9 cm³/mol. The molecule has 5 nitrogen and oxygen atoms in total. The molecule has 1 aliphatic carbocycles. The molecule has 0 aromatic rings. The van der Waals surface area contributed by atoms with Crippen LogP contribution >= 0.6 is 0 Å². The van der Waals surface area contributed by atoms with Gasteiger partial charge in [-0.3, -0.25) is 4.79 Å². The second-order valence-electron chi connectivity index (χ2n) is 5.25. The van der Waals surface area contributed by atoms with E-state index in [-0.39, 0.29) is 24.0 Å². The van der Waals surface area contributed by atoms with Crippen LogP contribution < -0.4 is 0 Å². The molecule has 2 aliphatic rings. The summed E-state index contributed by atoms with van der Waals surface area (Å²) < 4.78 is 15.6. The van der Waals surface area contributed by atoms with Gasteiger partial charge in [-0.05, 0) is 32.6 Å². The molecule has 1 saturated heterocycles. The summed E-state index contributed by atoms with van der Waals surface area (Å²) >= 11 is 0. The molecule has 0 aromatic carbocycles. The molecule has 0 N–H and O–H groups in total. The van der Waals surface area contributed by atoms with Gasteiger partial charge in [0, 0.05) is 6.42 Å². The maximum absolute atomic E-state index is 11.8. The molecule has 0 bridgehead atoms. The van der Waals surface area contributed by atoms with E-state index in [2.05, 4.69) is 0 Å². The number of hydrogen-bond donors (Lipinski definition) is 0. The van der Waals surface area contributed by atoms with Crippen LogP contribution in [-0.2, 0) is 23.8 Å². The molecule has 5 heteroatoms. The van der Waals surface area contributed by atoms with E-state index in [0.717, 1.165) is 25.7 Å². The minimum atomic E-state index is -0.586. The Morgan fingerprint density at radius 2 is 2.05 bits per heavy atom. The smallest absolute Gasteiger partial charge is 0.337 e. The molecule has 2 atom stereocenters. The van der Waals surface area contributed by atoms with Crippen molar-refractivity contribution in [2.75, 3.05) is 0 Å². The summed E-state index contributed by atoms with van der Waals surface area (Å²) in [6, 6.07) is 0. The van der Waals surface area contributed by atoms with Gasteiger partial charge < -0.3 is 14.2 Å². The van der Waals surface area contributed by atoms with Crippen LogP contribution in [0.3, 0.4) is 0 Å². The highest BCUT2D eigenvalue weighted by Crippen LogP contribution is 2.23. The highest BCUT2D eigenvalue weighted by molar-refractivity contribution is 5.87. The van der Waals surface area contributed by atoms with Gasteiger partial charge in [0.25, 0.3) is 0 Å².